The first kappa shape index (κ1) is 12.6. The molecule has 1 aromatic rings. The minimum Gasteiger partial charge on any atom is -0.385 e. The Morgan fingerprint density at radius 2 is 1.88 bits per heavy atom. The Hall–Kier alpha value is -0.860. The van der Waals surface area contributed by atoms with Gasteiger partial charge in [0.2, 0.25) is 0 Å². The Morgan fingerprint density at radius 1 is 1.24 bits per heavy atom. The maximum atomic E-state index is 10.7. The third kappa shape index (κ3) is 3.08. The van der Waals surface area contributed by atoms with Crippen LogP contribution < -0.4 is 5.32 Å². The van der Waals surface area contributed by atoms with E-state index in [4.69, 9.17) is 0 Å². The van der Waals surface area contributed by atoms with E-state index in [0.29, 0.717) is 6.04 Å². The molecule has 2 heteroatoms. The molecule has 0 bridgehead atoms. The molecule has 1 fully saturated rings. The van der Waals surface area contributed by atoms with Crippen molar-refractivity contribution < 1.29 is 5.11 Å². The third-order valence-corrected chi connectivity index (χ3v) is 3.81. The van der Waals surface area contributed by atoms with Gasteiger partial charge in [-0.2, -0.15) is 0 Å². The first-order valence-electron chi connectivity index (χ1n) is 6.76. The fraction of sp³-hybridized carbons (Fsp3) is 0.600. The molecule has 2 nitrogen and oxygen atoms in total. The van der Waals surface area contributed by atoms with Crippen molar-refractivity contribution in [2.75, 3.05) is 6.54 Å². The van der Waals surface area contributed by atoms with Crippen LogP contribution in [-0.4, -0.2) is 17.7 Å². The molecule has 1 aliphatic rings. The molecule has 1 saturated carbocycles. The molecular formula is C15H23NO. The molecule has 0 aliphatic heterocycles. The van der Waals surface area contributed by atoms with E-state index in [9.17, 15) is 5.11 Å². The maximum Gasteiger partial charge on any atom is 0.0897 e. The monoisotopic (exact) mass is 233 g/mol. The normalized spacial score (nSPS) is 29.2. The van der Waals surface area contributed by atoms with Gasteiger partial charge in [0, 0.05) is 6.04 Å². The average Bonchev–Trinajstić information content (AvgIpc) is 2.39. The Morgan fingerprint density at radius 3 is 2.47 bits per heavy atom. The minimum absolute atomic E-state index is 0.592. The summed E-state index contributed by atoms with van der Waals surface area (Å²) >= 11 is 0. The highest BCUT2D eigenvalue weighted by molar-refractivity contribution is 5.22. The van der Waals surface area contributed by atoms with E-state index >= 15 is 0 Å². The number of hydrogen-bond donors (Lipinski definition) is 2. The van der Waals surface area contributed by atoms with Gasteiger partial charge in [0.25, 0.3) is 0 Å². The van der Waals surface area contributed by atoms with Crippen LogP contribution in [0.5, 0.6) is 0 Å². The average molecular weight is 233 g/mol. The highest BCUT2D eigenvalue weighted by Gasteiger charge is 2.34. The lowest BCUT2D eigenvalue weighted by Gasteiger charge is -2.36. The molecule has 0 aromatic heterocycles. The summed E-state index contributed by atoms with van der Waals surface area (Å²) in [5, 5.41) is 14.2. The molecule has 17 heavy (non-hydrogen) atoms. The first-order valence-corrected chi connectivity index (χ1v) is 6.76. The van der Waals surface area contributed by atoms with Crippen LogP contribution in [-0.2, 0) is 5.60 Å². The van der Waals surface area contributed by atoms with E-state index < -0.39 is 5.60 Å². The lowest BCUT2D eigenvalue weighted by atomic mass is 9.78. The zero-order valence-corrected chi connectivity index (χ0v) is 10.7. The molecule has 1 aliphatic carbocycles. The van der Waals surface area contributed by atoms with Gasteiger partial charge >= 0.3 is 0 Å². The zero-order valence-electron chi connectivity index (χ0n) is 10.7. The number of aliphatic hydroxyl groups is 1. The Labute approximate surface area is 104 Å². The number of benzene rings is 1. The maximum absolute atomic E-state index is 10.7. The first-order chi connectivity index (χ1) is 8.24. The predicted octanol–water partition coefficient (Wildman–Crippen LogP) is 2.82. The van der Waals surface area contributed by atoms with Gasteiger partial charge in [0.15, 0.2) is 0 Å². The second-order valence-corrected chi connectivity index (χ2v) is 5.13. The van der Waals surface area contributed by atoms with Crippen molar-refractivity contribution >= 4 is 0 Å². The minimum atomic E-state index is -0.592. The van der Waals surface area contributed by atoms with E-state index in [1.165, 1.54) is 6.42 Å². The quantitative estimate of drug-likeness (QED) is 0.838. The van der Waals surface area contributed by atoms with Gasteiger partial charge in [-0.1, -0.05) is 37.3 Å². The molecule has 0 amide bonds. The van der Waals surface area contributed by atoms with Gasteiger partial charge in [0.05, 0.1) is 5.60 Å². The lowest BCUT2D eigenvalue weighted by Crippen LogP contribution is -2.40. The summed E-state index contributed by atoms with van der Waals surface area (Å²) in [5.74, 6) is 0. The Balaban J connectivity index is 1.93. The highest BCUT2D eigenvalue weighted by atomic mass is 16.3. The van der Waals surface area contributed by atoms with Crippen molar-refractivity contribution in [3.8, 4) is 0 Å². The van der Waals surface area contributed by atoms with E-state index in [2.05, 4.69) is 12.2 Å². The Kier molecular flexibility index (Phi) is 4.19. The summed E-state index contributed by atoms with van der Waals surface area (Å²) in [6, 6.07) is 10.7. The molecule has 0 spiro atoms. The molecule has 94 valence electrons. The van der Waals surface area contributed by atoms with Gasteiger partial charge in [0.1, 0.15) is 0 Å². The number of nitrogens with one attached hydrogen (secondary N) is 1. The largest absolute Gasteiger partial charge is 0.385 e. The summed E-state index contributed by atoms with van der Waals surface area (Å²) in [7, 11) is 0. The van der Waals surface area contributed by atoms with E-state index in [-0.39, 0.29) is 0 Å². The van der Waals surface area contributed by atoms with Crippen molar-refractivity contribution in [2.45, 2.75) is 50.7 Å². The van der Waals surface area contributed by atoms with Crippen LogP contribution in [0.2, 0.25) is 0 Å². The van der Waals surface area contributed by atoms with Gasteiger partial charge in [-0.25, -0.2) is 0 Å². The lowest BCUT2D eigenvalue weighted by molar-refractivity contribution is -0.00826. The standard InChI is InChI=1S/C15H23NO/c1-2-12-16-14-8-10-15(17,11-9-14)13-6-4-3-5-7-13/h3-7,14,16-17H,2,8-12H2,1H3. The van der Waals surface area contributed by atoms with Crippen LogP contribution in [0.25, 0.3) is 0 Å². The predicted molar refractivity (Wildman–Crippen MR) is 70.9 cm³/mol. The number of hydrogen-bond acceptors (Lipinski definition) is 2. The summed E-state index contributed by atoms with van der Waals surface area (Å²) in [5.41, 5.74) is 0.486. The molecule has 2 rings (SSSR count). The fourth-order valence-electron chi connectivity index (χ4n) is 2.69. The summed E-state index contributed by atoms with van der Waals surface area (Å²) in [4.78, 5) is 0. The molecule has 0 atom stereocenters. The fourth-order valence-corrected chi connectivity index (χ4v) is 2.69. The zero-order chi connectivity index (χ0) is 12.1. The van der Waals surface area contributed by atoms with Crippen molar-refractivity contribution in [1.82, 2.24) is 5.32 Å². The molecule has 0 saturated heterocycles. The van der Waals surface area contributed by atoms with E-state index in [1.54, 1.807) is 0 Å². The van der Waals surface area contributed by atoms with Gasteiger partial charge in [-0.3, -0.25) is 0 Å². The smallest absolute Gasteiger partial charge is 0.0897 e. The van der Waals surface area contributed by atoms with Crippen molar-refractivity contribution in [2.24, 2.45) is 0 Å². The number of rotatable bonds is 4. The van der Waals surface area contributed by atoms with Crippen molar-refractivity contribution in [3.63, 3.8) is 0 Å². The SMILES string of the molecule is CCCNC1CCC(O)(c2ccccc2)CC1. The van der Waals surface area contributed by atoms with Crippen LogP contribution >= 0.6 is 0 Å². The molecule has 0 unspecified atom stereocenters. The Bertz CT molecular complexity index is 328. The van der Waals surface area contributed by atoms with Gasteiger partial charge in [-0.15, -0.1) is 0 Å². The van der Waals surface area contributed by atoms with Crippen LogP contribution in [0.3, 0.4) is 0 Å². The topological polar surface area (TPSA) is 32.3 Å². The summed E-state index contributed by atoms with van der Waals surface area (Å²) in [6.07, 6.45) is 5.08. The van der Waals surface area contributed by atoms with Crippen LogP contribution in [0.15, 0.2) is 30.3 Å². The second-order valence-electron chi connectivity index (χ2n) is 5.13. The molecule has 0 heterocycles. The molecule has 1 aromatic carbocycles. The van der Waals surface area contributed by atoms with Crippen molar-refractivity contribution in [1.29, 1.82) is 0 Å². The molecule has 2 N–H and O–H groups in total. The van der Waals surface area contributed by atoms with Crippen LogP contribution in [0.1, 0.15) is 44.6 Å². The summed E-state index contributed by atoms with van der Waals surface area (Å²) < 4.78 is 0. The van der Waals surface area contributed by atoms with E-state index in [1.807, 2.05) is 30.3 Å². The summed E-state index contributed by atoms with van der Waals surface area (Å²) in [6.45, 7) is 3.28. The van der Waals surface area contributed by atoms with E-state index in [0.717, 1.165) is 37.8 Å². The highest BCUT2D eigenvalue weighted by Crippen LogP contribution is 2.36. The third-order valence-electron chi connectivity index (χ3n) is 3.81. The second kappa shape index (κ2) is 5.65. The van der Waals surface area contributed by atoms with Crippen LogP contribution in [0.4, 0.5) is 0 Å². The van der Waals surface area contributed by atoms with Crippen molar-refractivity contribution in [3.05, 3.63) is 35.9 Å². The van der Waals surface area contributed by atoms with Gasteiger partial charge in [-0.05, 0) is 44.2 Å². The molecular weight excluding hydrogens is 210 g/mol. The molecule has 0 radical (unpaired) electrons. The van der Waals surface area contributed by atoms with Crippen LogP contribution in [0, 0.1) is 0 Å². The van der Waals surface area contributed by atoms with Gasteiger partial charge < -0.3 is 10.4 Å².